The van der Waals surface area contributed by atoms with Crippen LogP contribution in [0, 0.1) is 6.57 Å². The second-order valence-electron chi connectivity index (χ2n) is 4.53. The van der Waals surface area contributed by atoms with Crippen molar-refractivity contribution in [1.82, 2.24) is 9.78 Å². The number of aromatic nitrogens is 2. The van der Waals surface area contributed by atoms with Gasteiger partial charge in [0.1, 0.15) is 0 Å². The van der Waals surface area contributed by atoms with Gasteiger partial charge >= 0.3 is 0 Å². The number of nitrogens with zero attached hydrogens (tertiary/aromatic N) is 3. The molecule has 0 fully saturated rings. The number of rotatable bonds is 2. The van der Waals surface area contributed by atoms with Crippen LogP contribution in [0.2, 0.25) is 0 Å². The van der Waals surface area contributed by atoms with Crippen molar-refractivity contribution in [1.29, 1.82) is 0 Å². The van der Waals surface area contributed by atoms with Gasteiger partial charge in [-0.1, -0.05) is 20.8 Å². The Morgan fingerprint density at radius 2 is 2.14 bits per heavy atom. The Hall–Kier alpha value is -1.30. The number of hydrogen-bond acceptors (Lipinski definition) is 1. The minimum absolute atomic E-state index is 0.0914. The van der Waals surface area contributed by atoms with Gasteiger partial charge in [0.2, 0.25) is 6.54 Å². The van der Waals surface area contributed by atoms with Gasteiger partial charge in [0.15, 0.2) is 0 Å². The molecule has 0 spiro atoms. The first-order valence-electron chi connectivity index (χ1n) is 4.82. The van der Waals surface area contributed by atoms with E-state index in [-0.39, 0.29) is 5.41 Å². The van der Waals surface area contributed by atoms with Crippen LogP contribution < -0.4 is 0 Å². The third-order valence-electron chi connectivity index (χ3n) is 2.22. The van der Waals surface area contributed by atoms with E-state index in [1.807, 2.05) is 11.7 Å². The van der Waals surface area contributed by atoms with Crippen molar-refractivity contribution >= 4 is 0 Å². The molecule has 0 aliphatic rings. The topological polar surface area (TPSA) is 22.2 Å². The van der Waals surface area contributed by atoms with Gasteiger partial charge in [-0.2, -0.15) is 5.10 Å². The lowest BCUT2D eigenvalue weighted by atomic mass is 9.92. The predicted octanol–water partition coefficient (Wildman–Crippen LogP) is 2.18. The van der Waals surface area contributed by atoms with Gasteiger partial charge in [0.25, 0.3) is 0 Å². The summed E-state index contributed by atoms with van der Waals surface area (Å²) in [5, 5.41) is 4.45. The lowest BCUT2D eigenvalue weighted by Gasteiger charge is -2.13. The summed E-state index contributed by atoms with van der Waals surface area (Å²) in [6, 6.07) is 2.10. The number of aryl methyl sites for hydroxylation is 1. The second-order valence-corrected chi connectivity index (χ2v) is 4.53. The molecule has 1 aromatic rings. The molecule has 0 unspecified atom stereocenters. The van der Waals surface area contributed by atoms with Crippen molar-refractivity contribution in [2.24, 2.45) is 7.05 Å². The Labute approximate surface area is 85.6 Å². The van der Waals surface area contributed by atoms with Gasteiger partial charge in [-0.3, -0.25) is 4.68 Å². The molecule has 0 aliphatic heterocycles. The fourth-order valence-electron chi connectivity index (χ4n) is 1.28. The average molecular weight is 191 g/mol. The van der Waals surface area contributed by atoms with Crippen molar-refractivity contribution in [3.8, 4) is 0 Å². The normalized spacial score (nSPS) is 11.4. The molecule has 3 heteroatoms. The molecule has 1 aromatic heterocycles. The molecular formula is C11H17N3. The van der Waals surface area contributed by atoms with Crippen LogP contribution in [0.3, 0.4) is 0 Å². The molecule has 0 radical (unpaired) electrons. The molecule has 0 N–H and O–H groups in total. The van der Waals surface area contributed by atoms with Crippen molar-refractivity contribution in [3.05, 3.63) is 28.9 Å². The van der Waals surface area contributed by atoms with E-state index in [0.717, 1.165) is 17.8 Å². The fourth-order valence-corrected chi connectivity index (χ4v) is 1.28. The van der Waals surface area contributed by atoms with E-state index in [1.165, 1.54) is 0 Å². The third kappa shape index (κ3) is 2.35. The Balaban J connectivity index is 2.89. The minimum Gasteiger partial charge on any atom is -0.317 e. The molecule has 0 amide bonds. The summed E-state index contributed by atoms with van der Waals surface area (Å²) in [4.78, 5) is 3.35. The largest absolute Gasteiger partial charge is 0.317 e. The van der Waals surface area contributed by atoms with E-state index in [2.05, 4.69) is 36.8 Å². The predicted molar refractivity (Wildman–Crippen MR) is 57.1 cm³/mol. The van der Waals surface area contributed by atoms with Crippen LogP contribution in [0.5, 0.6) is 0 Å². The molecule has 1 heterocycles. The van der Waals surface area contributed by atoms with Gasteiger partial charge < -0.3 is 4.85 Å². The highest BCUT2D eigenvalue weighted by molar-refractivity contribution is 5.17. The molecule has 0 saturated heterocycles. The Kier molecular flexibility index (Phi) is 2.95. The average Bonchev–Trinajstić information content (AvgIpc) is 2.43. The zero-order valence-corrected chi connectivity index (χ0v) is 9.33. The monoisotopic (exact) mass is 191 g/mol. The molecule has 0 bridgehead atoms. The van der Waals surface area contributed by atoms with Crippen LogP contribution in [0.1, 0.15) is 32.2 Å². The van der Waals surface area contributed by atoms with E-state index in [4.69, 9.17) is 6.57 Å². The first-order valence-corrected chi connectivity index (χ1v) is 4.82. The smallest absolute Gasteiger partial charge is 0.220 e. The van der Waals surface area contributed by atoms with Crippen molar-refractivity contribution in [2.75, 3.05) is 6.54 Å². The van der Waals surface area contributed by atoms with Crippen molar-refractivity contribution < 1.29 is 0 Å². The van der Waals surface area contributed by atoms with Crippen molar-refractivity contribution in [2.45, 2.75) is 32.6 Å². The van der Waals surface area contributed by atoms with E-state index in [0.29, 0.717) is 6.54 Å². The molecule has 3 nitrogen and oxygen atoms in total. The molecule has 14 heavy (non-hydrogen) atoms. The molecule has 0 aromatic carbocycles. The maximum Gasteiger partial charge on any atom is 0.220 e. The summed E-state index contributed by atoms with van der Waals surface area (Å²) in [6.45, 7) is 13.7. The summed E-state index contributed by atoms with van der Waals surface area (Å²) < 4.78 is 1.88. The summed E-state index contributed by atoms with van der Waals surface area (Å²) in [7, 11) is 1.94. The van der Waals surface area contributed by atoms with E-state index >= 15 is 0 Å². The molecule has 0 atom stereocenters. The zero-order valence-electron chi connectivity index (χ0n) is 9.33. The van der Waals surface area contributed by atoms with Gasteiger partial charge in [0.05, 0.1) is 12.1 Å². The SMILES string of the molecule is [C-]#[N+]CCc1cc(C(C)(C)C)nn1C. The van der Waals surface area contributed by atoms with E-state index in [1.54, 1.807) is 0 Å². The third-order valence-corrected chi connectivity index (χ3v) is 2.22. The lowest BCUT2D eigenvalue weighted by Crippen LogP contribution is -2.12. The second kappa shape index (κ2) is 3.83. The van der Waals surface area contributed by atoms with Crippen LogP contribution in [-0.2, 0) is 18.9 Å². The molecule has 76 valence electrons. The highest BCUT2D eigenvalue weighted by Crippen LogP contribution is 2.21. The summed E-state index contributed by atoms with van der Waals surface area (Å²) >= 11 is 0. The minimum atomic E-state index is 0.0914. The fraction of sp³-hybridized carbons (Fsp3) is 0.636. The zero-order chi connectivity index (χ0) is 10.8. The van der Waals surface area contributed by atoms with Crippen molar-refractivity contribution in [3.63, 3.8) is 0 Å². The number of hydrogen-bond donors (Lipinski definition) is 0. The Bertz CT molecular complexity index is 350. The first kappa shape index (κ1) is 10.8. The highest BCUT2D eigenvalue weighted by Gasteiger charge is 2.18. The van der Waals surface area contributed by atoms with Crippen LogP contribution in [0.15, 0.2) is 6.07 Å². The Morgan fingerprint density at radius 3 is 2.57 bits per heavy atom. The van der Waals surface area contributed by atoms with Crippen LogP contribution >= 0.6 is 0 Å². The standard InChI is InChI=1S/C11H17N3/c1-11(2,3)10-8-9(6-7-12-4)14(5)13-10/h8H,6-7H2,1-3,5H3. The van der Waals surface area contributed by atoms with Crippen LogP contribution in [-0.4, -0.2) is 16.3 Å². The molecule has 0 aliphatic carbocycles. The first-order chi connectivity index (χ1) is 6.45. The van der Waals surface area contributed by atoms with E-state index < -0.39 is 0 Å². The molecular weight excluding hydrogens is 174 g/mol. The highest BCUT2D eigenvalue weighted by atomic mass is 15.3. The maximum absolute atomic E-state index is 6.75. The van der Waals surface area contributed by atoms with Gasteiger partial charge in [-0.25, -0.2) is 6.57 Å². The van der Waals surface area contributed by atoms with Gasteiger partial charge in [-0.05, 0) is 6.07 Å². The van der Waals surface area contributed by atoms with Gasteiger partial charge in [0, 0.05) is 18.2 Å². The summed E-state index contributed by atoms with van der Waals surface area (Å²) in [5.41, 5.74) is 2.33. The summed E-state index contributed by atoms with van der Waals surface area (Å²) in [6.07, 6.45) is 0.795. The van der Waals surface area contributed by atoms with Gasteiger partial charge in [-0.15, -0.1) is 0 Å². The maximum atomic E-state index is 6.75. The summed E-state index contributed by atoms with van der Waals surface area (Å²) in [5.74, 6) is 0. The quantitative estimate of drug-likeness (QED) is 0.657. The van der Waals surface area contributed by atoms with E-state index in [9.17, 15) is 0 Å². The van der Waals surface area contributed by atoms with Crippen LogP contribution in [0.25, 0.3) is 4.85 Å². The van der Waals surface area contributed by atoms with Crippen LogP contribution in [0.4, 0.5) is 0 Å². The lowest BCUT2D eigenvalue weighted by molar-refractivity contribution is 0.551. The Morgan fingerprint density at radius 1 is 1.50 bits per heavy atom. The molecule has 0 saturated carbocycles. The molecule has 1 rings (SSSR count).